The zero-order chi connectivity index (χ0) is 18.9. The van der Waals surface area contributed by atoms with Gasteiger partial charge in [0, 0.05) is 12.3 Å². The molecule has 0 heterocycles. The lowest BCUT2D eigenvalue weighted by Gasteiger charge is -2.43. The minimum atomic E-state index is -1.69. The fraction of sp³-hybridized carbons (Fsp3) is 0.471. The van der Waals surface area contributed by atoms with Crippen LogP contribution in [0.4, 0.5) is 0 Å². The monoisotopic (exact) mass is 388 g/mol. The molecule has 1 fully saturated rings. The maximum Gasteiger partial charge on any atom is 0.316 e. The minimum absolute atomic E-state index is 0.198. The second kappa shape index (κ2) is 7.32. The van der Waals surface area contributed by atoms with Gasteiger partial charge in [-0.25, -0.2) is 0 Å². The van der Waals surface area contributed by atoms with E-state index in [1.807, 2.05) is 0 Å². The molecule has 0 radical (unpaired) electrons. The number of carbonyl (C=O) groups is 3. The number of ketones is 1. The highest BCUT2D eigenvalue weighted by molar-refractivity contribution is 6.42. The lowest BCUT2D eigenvalue weighted by Crippen LogP contribution is -2.55. The first-order valence-corrected chi connectivity index (χ1v) is 8.25. The molecule has 1 aromatic rings. The molecule has 25 heavy (non-hydrogen) atoms. The van der Waals surface area contributed by atoms with Crippen LogP contribution in [0.25, 0.3) is 0 Å². The lowest BCUT2D eigenvalue weighted by molar-refractivity contribution is -0.170. The number of carbonyl (C=O) groups excluding carboxylic acids is 3. The van der Waals surface area contributed by atoms with Crippen molar-refractivity contribution in [1.29, 1.82) is 0 Å². The lowest BCUT2D eigenvalue weighted by atomic mass is 9.62. The van der Waals surface area contributed by atoms with E-state index >= 15 is 0 Å². The standard InChI is InChI=1S/C17H18Cl2O6/c1-17(23)7-11(20)13(15(21)24-2)12(14(17)16(22)25-3)8-4-5-9(18)10(19)6-8/h4-6,12-14,23H,7H2,1-3H3/t12-,13-,14-,17-/m0/s1. The molecule has 8 heteroatoms. The highest BCUT2D eigenvalue weighted by Gasteiger charge is 2.56. The molecule has 0 amide bonds. The first-order valence-electron chi connectivity index (χ1n) is 7.49. The van der Waals surface area contributed by atoms with Crippen molar-refractivity contribution in [2.45, 2.75) is 24.9 Å². The SMILES string of the molecule is COC(=O)[C@H]1C(=O)C[C@](C)(O)[C@H](C(=O)OC)[C@H]1c1ccc(Cl)c(Cl)c1. The number of esters is 2. The van der Waals surface area contributed by atoms with Crippen molar-refractivity contribution in [2.75, 3.05) is 14.2 Å². The number of hydrogen-bond donors (Lipinski definition) is 1. The minimum Gasteiger partial charge on any atom is -0.469 e. The third-order valence-electron chi connectivity index (χ3n) is 4.51. The van der Waals surface area contributed by atoms with Crippen LogP contribution >= 0.6 is 23.2 Å². The molecule has 1 aromatic carbocycles. The number of methoxy groups -OCH3 is 2. The molecule has 4 atom stereocenters. The smallest absolute Gasteiger partial charge is 0.316 e. The van der Waals surface area contributed by atoms with Gasteiger partial charge < -0.3 is 14.6 Å². The summed E-state index contributed by atoms with van der Waals surface area (Å²) in [4.78, 5) is 37.2. The van der Waals surface area contributed by atoms with Crippen LogP contribution in [0.2, 0.25) is 10.0 Å². The molecule has 0 saturated heterocycles. The van der Waals surface area contributed by atoms with E-state index < -0.39 is 41.1 Å². The van der Waals surface area contributed by atoms with E-state index in [4.69, 9.17) is 32.7 Å². The van der Waals surface area contributed by atoms with E-state index in [1.54, 1.807) is 6.07 Å². The summed E-state index contributed by atoms with van der Waals surface area (Å²) < 4.78 is 9.55. The Hall–Kier alpha value is -1.63. The first-order chi connectivity index (χ1) is 11.6. The van der Waals surface area contributed by atoms with Gasteiger partial charge in [-0.1, -0.05) is 29.3 Å². The Kier molecular flexibility index (Phi) is 5.76. The van der Waals surface area contributed by atoms with E-state index in [2.05, 4.69) is 0 Å². The molecular weight excluding hydrogens is 371 g/mol. The Labute approximate surface area is 155 Å². The van der Waals surface area contributed by atoms with Crippen LogP contribution in [0.3, 0.4) is 0 Å². The highest BCUT2D eigenvalue weighted by atomic mass is 35.5. The zero-order valence-corrected chi connectivity index (χ0v) is 15.4. The average molecular weight is 389 g/mol. The van der Waals surface area contributed by atoms with E-state index in [0.717, 1.165) is 7.11 Å². The van der Waals surface area contributed by atoms with E-state index in [1.165, 1.54) is 26.2 Å². The molecule has 0 aliphatic heterocycles. The molecule has 136 valence electrons. The van der Waals surface area contributed by atoms with Crippen molar-refractivity contribution >= 4 is 40.9 Å². The van der Waals surface area contributed by atoms with Gasteiger partial charge in [0.1, 0.15) is 5.92 Å². The summed E-state index contributed by atoms with van der Waals surface area (Å²) in [6, 6.07) is 4.52. The summed E-state index contributed by atoms with van der Waals surface area (Å²) in [5, 5.41) is 11.2. The fourth-order valence-electron chi connectivity index (χ4n) is 3.39. The molecule has 2 rings (SSSR count). The fourth-order valence-corrected chi connectivity index (χ4v) is 3.70. The van der Waals surface area contributed by atoms with Crippen molar-refractivity contribution < 1.29 is 29.0 Å². The van der Waals surface area contributed by atoms with Crippen LogP contribution in [-0.4, -0.2) is 42.6 Å². The maximum absolute atomic E-state index is 12.5. The van der Waals surface area contributed by atoms with Gasteiger partial charge in [0.15, 0.2) is 5.78 Å². The molecule has 0 unspecified atom stereocenters. The average Bonchev–Trinajstić information content (AvgIpc) is 2.54. The molecule has 6 nitrogen and oxygen atoms in total. The van der Waals surface area contributed by atoms with Gasteiger partial charge >= 0.3 is 11.9 Å². The Morgan fingerprint density at radius 3 is 2.28 bits per heavy atom. The van der Waals surface area contributed by atoms with Gasteiger partial charge in [0.2, 0.25) is 0 Å². The zero-order valence-electron chi connectivity index (χ0n) is 13.9. The molecule has 1 N–H and O–H groups in total. The molecule has 1 aliphatic carbocycles. The summed E-state index contributed by atoms with van der Waals surface area (Å²) >= 11 is 12.0. The van der Waals surface area contributed by atoms with Crippen LogP contribution in [0.5, 0.6) is 0 Å². The van der Waals surface area contributed by atoms with Crippen molar-refractivity contribution in [3.05, 3.63) is 33.8 Å². The first kappa shape index (κ1) is 19.7. The number of aliphatic hydroxyl groups is 1. The maximum atomic E-state index is 12.5. The van der Waals surface area contributed by atoms with Crippen molar-refractivity contribution in [3.8, 4) is 0 Å². The van der Waals surface area contributed by atoms with Crippen molar-refractivity contribution in [3.63, 3.8) is 0 Å². The number of rotatable bonds is 3. The second-order valence-electron chi connectivity index (χ2n) is 6.20. The molecule has 0 bridgehead atoms. The summed E-state index contributed by atoms with van der Waals surface area (Å²) in [6.45, 7) is 1.37. The molecule has 0 aromatic heterocycles. The largest absolute Gasteiger partial charge is 0.469 e. The Morgan fingerprint density at radius 1 is 1.16 bits per heavy atom. The van der Waals surface area contributed by atoms with Crippen LogP contribution in [0.15, 0.2) is 18.2 Å². The summed E-state index contributed by atoms with van der Waals surface area (Å²) in [6.07, 6.45) is -0.371. The van der Waals surface area contributed by atoms with Crippen LogP contribution < -0.4 is 0 Å². The quantitative estimate of drug-likeness (QED) is 0.631. The predicted octanol–water partition coefficient (Wildman–Crippen LogP) is 2.38. The van der Waals surface area contributed by atoms with Gasteiger partial charge in [-0.3, -0.25) is 14.4 Å². The summed E-state index contributed by atoms with van der Waals surface area (Å²) in [7, 11) is 2.33. The number of ether oxygens (including phenoxy) is 2. The van der Waals surface area contributed by atoms with Crippen LogP contribution in [0.1, 0.15) is 24.8 Å². The number of halogens is 2. The Balaban J connectivity index is 2.68. The third-order valence-corrected chi connectivity index (χ3v) is 5.25. The van der Waals surface area contributed by atoms with Gasteiger partial charge in [0.05, 0.1) is 35.8 Å². The number of benzene rings is 1. The molecule has 0 spiro atoms. The van der Waals surface area contributed by atoms with Crippen molar-refractivity contribution in [2.24, 2.45) is 11.8 Å². The van der Waals surface area contributed by atoms with Gasteiger partial charge in [-0.2, -0.15) is 0 Å². The summed E-state index contributed by atoms with van der Waals surface area (Å²) in [5.74, 6) is -5.45. The van der Waals surface area contributed by atoms with E-state index in [-0.39, 0.29) is 16.5 Å². The van der Waals surface area contributed by atoms with E-state index in [0.29, 0.717) is 5.56 Å². The number of Topliss-reactive ketones (excluding diaryl/α,β-unsaturated/α-hetero) is 1. The molecule has 1 saturated carbocycles. The van der Waals surface area contributed by atoms with E-state index in [9.17, 15) is 19.5 Å². The van der Waals surface area contributed by atoms with Gasteiger partial charge in [0.25, 0.3) is 0 Å². The number of hydrogen-bond acceptors (Lipinski definition) is 6. The Bertz CT molecular complexity index is 715. The topological polar surface area (TPSA) is 89.9 Å². The van der Waals surface area contributed by atoms with Crippen molar-refractivity contribution in [1.82, 2.24) is 0 Å². The second-order valence-corrected chi connectivity index (χ2v) is 7.02. The summed E-state index contributed by atoms with van der Waals surface area (Å²) in [5.41, 5.74) is -1.28. The molecular formula is C17H18Cl2O6. The normalized spacial score (nSPS) is 29.2. The third kappa shape index (κ3) is 3.66. The Morgan fingerprint density at radius 2 is 1.76 bits per heavy atom. The highest BCUT2D eigenvalue weighted by Crippen LogP contribution is 2.47. The van der Waals surface area contributed by atoms with Crippen LogP contribution in [0, 0.1) is 11.8 Å². The molecule has 1 aliphatic rings. The van der Waals surface area contributed by atoms with Crippen LogP contribution in [-0.2, 0) is 23.9 Å². The van der Waals surface area contributed by atoms with Gasteiger partial charge in [-0.15, -0.1) is 0 Å². The van der Waals surface area contributed by atoms with Gasteiger partial charge in [-0.05, 0) is 24.6 Å². The predicted molar refractivity (Wildman–Crippen MR) is 90.5 cm³/mol.